The summed E-state index contributed by atoms with van der Waals surface area (Å²) in [5.74, 6) is 3.60. The molecule has 1 aromatic heterocycles. The summed E-state index contributed by atoms with van der Waals surface area (Å²) in [5.41, 5.74) is 0. The first-order valence-corrected chi connectivity index (χ1v) is 8.44. The van der Waals surface area contributed by atoms with Gasteiger partial charge in [-0.1, -0.05) is 31.5 Å². The topological polar surface area (TPSA) is 50.9 Å². The van der Waals surface area contributed by atoms with Crippen molar-refractivity contribution >= 4 is 11.8 Å². The minimum Gasteiger partial charge on any atom is -0.388 e. The van der Waals surface area contributed by atoms with Crippen molar-refractivity contribution in [3.8, 4) is 0 Å². The molecule has 5 heteroatoms. The van der Waals surface area contributed by atoms with Crippen LogP contribution in [-0.4, -0.2) is 25.6 Å². The number of nitrogens with zero attached hydrogens (tertiary/aromatic N) is 3. The second-order valence-electron chi connectivity index (χ2n) is 6.11. The van der Waals surface area contributed by atoms with Gasteiger partial charge in [-0.25, -0.2) is 0 Å². The number of thioether (sulfide) groups is 1. The number of aliphatic hydroxyl groups is 1. The summed E-state index contributed by atoms with van der Waals surface area (Å²) in [6, 6.07) is 0.546. The molecule has 1 heterocycles. The van der Waals surface area contributed by atoms with Crippen molar-refractivity contribution in [3.63, 3.8) is 0 Å². The van der Waals surface area contributed by atoms with Crippen LogP contribution in [-0.2, 0) is 6.61 Å². The standard InChI is InChI=1S/C14H23N3OS/c1-10-3-2-4-11(7-10)9-19-14-16-15-13(8-18)17(14)12-5-6-12/h10-12,18H,2-9H2,1H3. The SMILES string of the molecule is CC1CCCC(CSc2nnc(CO)n2C2CC2)C1. The third kappa shape index (κ3) is 3.14. The molecule has 0 bridgehead atoms. The van der Waals surface area contributed by atoms with Gasteiger partial charge >= 0.3 is 0 Å². The molecule has 4 nitrogen and oxygen atoms in total. The minimum atomic E-state index is 0.00449. The van der Waals surface area contributed by atoms with Gasteiger partial charge in [-0.2, -0.15) is 0 Å². The Kier molecular flexibility index (Phi) is 4.12. The van der Waals surface area contributed by atoms with E-state index in [1.165, 1.54) is 38.5 Å². The van der Waals surface area contributed by atoms with Crippen molar-refractivity contribution in [2.45, 2.75) is 63.3 Å². The lowest BCUT2D eigenvalue weighted by atomic mass is 9.83. The zero-order chi connectivity index (χ0) is 13.2. The Labute approximate surface area is 119 Å². The molecule has 2 aliphatic carbocycles. The average Bonchev–Trinajstić information content (AvgIpc) is 3.17. The first kappa shape index (κ1) is 13.4. The van der Waals surface area contributed by atoms with Gasteiger partial charge in [-0.05, 0) is 37.5 Å². The lowest BCUT2D eigenvalue weighted by Gasteiger charge is -2.26. The lowest BCUT2D eigenvalue weighted by molar-refractivity contribution is 0.263. The fourth-order valence-corrected chi connectivity index (χ4v) is 4.30. The van der Waals surface area contributed by atoms with Crippen LogP contribution in [0, 0.1) is 11.8 Å². The molecular weight excluding hydrogens is 258 g/mol. The van der Waals surface area contributed by atoms with Crippen LogP contribution < -0.4 is 0 Å². The van der Waals surface area contributed by atoms with Crippen LogP contribution in [0.5, 0.6) is 0 Å². The molecule has 0 radical (unpaired) electrons. The summed E-state index contributed by atoms with van der Waals surface area (Å²) in [5, 5.41) is 18.7. The Morgan fingerprint density at radius 2 is 2.11 bits per heavy atom. The zero-order valence-electron chi connectivity index (χ0n) is 11.6. The van der Waals surface area contributed by atoms with E-state index < -0.39 is 0 Å². The van der Waals surface area contributed by atoms with E-state index in [4.69, 9.17) is 0 Å². The van der Waals surface area contributed by atoms with Crippen LogP contribution in [0.3, 0.4) is 0 Å². The maximum absolute atomic E-state index is 9.33. The second kappa shape index (κ2) is 5.83. The van der Waals surface area contributed by atoms with Crippen LogP contribution >= 0.6 is 11.8 Å². The number of rotatable bonds is 5. The fourth-order valence-electron chi connectivity index (χ4n) is 3.12. The van der Waals surface area contributed by atoms with Gasteiger partial charge in [0.2, 0.25) is 0 Å². The van der Waals surface area contributed by atoms with Crippen molar-refractivity contribution in [1.29, 1.82) is 0 Å². The predicted molar refractivity (Wildman–Crippen MR) is 76.1 cm³/mol. The molecule has 0 aliphatic heterocycles. The molecule has 3 rings (SSSR count). The van der Waals surface area contributed by atoms with Gasteiger partial charge < -0.3 is 9.67 Å². The van der Waals surface area contributed by atoms with E-state index in [1.54, 1.807) is 0 Å². The minimum absolute atomic E-state index is 0.00449. The van der Waals surface area contributed by atoms with E-state index in [0.29, 0.717) is 6.04 Å². The molecule has 0 amide bonds. The number of hydrogen-bond donors (Lipinski definition) is 1. The number of aliphatic hydroxyl groups excluding tert-OH is 1. The quantitative estimate of drug-likeness (QED) is 0.843. The Morgan fingerprint density at radius 3 is 2.79 bits per heavy atom. The molecule has 0 aromatic carbocycles. The maximum atomic E-state index is 9.33. The summed E-state index contributed by atoms with van der Waals surface area (Å²) in [6.07, 6.45) is 7.91. The molecule has 2 saturated carbocycles. The van der Waals surface area contributed by atoms with Crippen molar-refractivity contribution < 1.29 is 5.11 Å². The number of aromatic nitrogens is 3. The highest BCUT2D eigenvalue weighted by Gasteiger charge is 2.29. The molecule has 19 heavy (non-hydrogen) atoms. The lowest BCUT2D eigenvalue weighted by Crippen LogP contribution is -2.15. The van der Waals surface area contributed by atoms with E-state index in [9.17, 15) is 5.11 Å². The van der Waals surface area contributed by atoms with Crippen LogP contribution in [0.2, 0.25) is 0 Å². The van der Waals surface area contributed by atoms with Gasteiger partial charge in [-0.15, -0.1) is 10.2 Å². The van der Waals surface area contributed by atoms with Gasteiger partial charge in [0, 0.05) is 11.8 Å². The van der Waals surface area contributed by atoms with Crippen molar-refractivity contribution in [1.82, 2.24) is 14.8 Å². The highest BCUT2D eigenvalue weighted by Crippen LogP contribution is 2.40. The number of hydrogen-bond acceptors (Lipinski definition) is 4. The summed E-state index contributed by atoms with van der Waals surface area (Å²) in [7, 11) is 0. The maximum Gasteiger partial charge on any atom is 0.191 e. The first-order valence-electron chi connectivity index (χ1n) is 7.45. The van der Waals surface area contributed by atoms with Crippen molar-refractivity contribution in [2.24, 2.45) is 11.8 Å². The third-order valence-corrected chi connectivity index (χ3v) is 5.46. The Bertz CT molecular complexity index is 430. The monoisotopic (exact) mass is 281 g/mol. The highest BCUT2D eigenvalue weighted by molar-refractivity contribution is 7.99. The summed E-state index contributed by atoms with van der Waals surface area (Å²) in [4.78, 5) is 0. The van der Waals surface area contributed by atoms with E-state index in [2.05, 4.69) is 21.7 Å². The van der Waals surface area contributed by atoms with E-state index in [1.807, 2.05) is 11.8 Å². The molecule has 2 aliphatic rings. The Morgan fingerprint density at radius 1 is 1.26 bits per heavy atom. The van der Waals surface area contributed by atoms with Crippen LogP contribution in [0.4, 0.5) is 0 Å². The second-order valence-corrected chi connectivity index (χ2v) is 7.09. The zero-order valence-corrected chi connectivity index (χ0v) is 12.4. The van der Waals surface area contributed by atoms with Crippen molar-refractivity contribution in [3.05, 3.63) is 5.82 Å². The predicted octanol–water partition coefficient (Wildman–Crippen LogP) is 3.02. The molecule has 2 fully saturated rings. The highest BCUT2D eigenvalue weighted by atomic mass is 32.2. The average molecular weight is 281 g/mol. The van der Waals surface area contributed by atoms with E-state index in [0.717, 1.165) is 28.6 Å². The van der Waals surface area contributed by atoms with E-state index >= 15 is 0 Å². The molecule has 1 aromatic rings. The molecular formula is C14H23N3OS. The normalized spacial score (nSPS) is 27.7. The fraction of sp³-hybridized carbons (Fsp3) is 0.857. The summed E-state index contributed by atoms with van der Waals surface area (Å²) >= 11 is 1.84. The Hall–Kier alpha value is -0.550. The smallest absolute Gasteiger partial charge is 0.191 e. The van der Waals surface area contributed by atoms with E-state index in [-0.39, 0.29) is 6.61 Å². The molecule has 2 atom stereocenters. The molecule has 106 valence electrons. The molecule has 0 saturated heterocycles. The van der Waals surface area contributed by atoms with Gasteiger partial charge in [0.05, 0.1) is 0 Å². The first-order chi connectivity index (χ1) is 9.28. The molecule has 2 unspecified atom stereocenters. The van der Waals surface area contributed by atoms with Gasteiger partial charge in [0.1, 0.15) is 6.61 Å². The van der Waals surface area contributed by atoms with Crippen molar-refractivity contribution in [2.75, 3.05) is 5.75 Å². The van der Waals surface area contributed by atoms with Gasteiger partial charge in [0.25, 0.3) is 0 Å². The Balaban J connectivity index is 1.61. The van der Waals surface area contributed by atoms with Crippen LogP contribution in [0.25, 0.3) is 0 Å². The van der Waals surface area contributed by atoms with Gasteiger partial charge in [-0.3, -0.25) is 0 Å². The van der Waals surface area contributed by atoms with Crippen LogP contribution in [0.15, 0.2) is 5.16 Å². The third-order valence-electron chi connectivity index (χ3n) is 4.28. The van der Waals surface area contributed by atoms with Crippen LogP contribution in [0.1, 0.15) is 57.3 Å². The molecule has 0 spiro atoms. The summed E-state index contributed by atoms with van der Waals surface area (Å²) < 4.78 is 2.16. The summed E-state index contributed by atoms with van der Waals surface area (Å²) in [6.45, 7) is 2.37. The molecule has 1 N–H and O–H groups in total. The van der Waals surface area contributed by atoms with Gasteiger partial charge in [0.15, 0.2) is 11.0 Å². The largest absolute Gasteiger partial charge is 0.388 e.